The number of fused-ring (bicyclic) bond motifs is 1. The number of aliphatic carboxylic acids is 2. The molecule has 4 heteroatoms. The van der Waals surface area contributed by atoms with Gasteiger partial charge in [0, 0.05) is 0 Å². The molecule has 0 radical (unpaired) electrons. The summed E-state index contributed by atoms with van der Waals surface area (Å²) in [5.41, 5.74) is 1.27. The Kier molecular flexibility index (Phi) is 2.48. The van der Waals surface area contributed by atoms with Crippen molar-refractivity contribution in [2.45, 2.75) is 12.3 Å². The van der Waals surface area contributed by atoms with Crippen LogP contribution in [0.15, 0.2) is 30.3 Å². The predicted molar refractivity (Wildman–Crippen MR) is 57.0 cm³/mol. The maximum Gasteiger partial charge on any atom is 0.335 e. The van der Waals surface area contributed by atoms with Crippen LogP contribution < -0.4 is 0 Å². The molecule has 0 aliphatic heterocycles. The zero-order valence-corrected chi connectivity index (χ0v) is 8.38. The van der Waals surface area contributed by atoms with Gasteiger partial charge in [-0.15, -0.1) is 0 Å². The minimum absolute atomic E-state index is 0.188. The van der Waals surface area contributed by atoms with Crippen molar-refractivity contribution < 1.29 is 19.8 Å². The van der Waals surface area contributed by atoms with Crippen molar-refractivity contribution in [2.24, 2.45) is 0 Å². The summed E-state index contributed by atoms with van der Waals surface area (Å²) >= 11 is 0. The molecule has 0 bridgehead atoms. The smallest absolute Gasteiger partial charge is 0.335 e. The SMILES string of the molecule is O=C(O)C1=CCC(C(=O)O)c2ccccc21. The zero-order valence-electron chi connectivity index (χ0n) is 8.38. The van der Waals surface area contributed by atoms with Gasteiger partial charge in [0.15, 0.2) is 0 Å². The van der Waals surface area contributed by atoms with Gasteiger partial charge in [-0.25, -0.2) is 4.79 Å². The van der Waals surface area contributed by atoms with E-state index in [2.05, 4.69) is 0 Å². The second kappa shape index (κ2) is 3.81. The first-order chi connectivity index (χ1) is 7.61. The first-order valence-electron chi connectivity index (χ1n) is 4.87. The van der Waals surface area contributed by atoms with E-state index < -0.39 is 17.9 Å². The molecule has 1 aliphatic carbocycles. The largest absolute Gasteiger partial charge is 0.481 e. The number of carbonyl (C=O) groups is 2. The molecule has 16 heavy (non-hydrogen) atoms. The Hall–Kier alpha value is -2.10. The molecule has 2 N–H and O–H groups in total. The quantitative estimate of drug-likeness (QED) is 0.792. The zero-order chi connectivity index (χ0) is 11.7. The highest BCUT2D eigenvalue weighted by Crippen LogP contribution is 2.34. The Bertz CT molecular complexity index is 488. The Morgan fingerprint density at radius 1 is 1.19 bits per heavy atom. The molecule has 1 atom stereocenters. The number of hydrogen-bond acceptors (Lipinski definition) is 2. The molecule has 1 aromatic carbocycles. The van der Waals surface area contributed by atoms with Gasteiger partial charge in [0.1, 0.15) is 0 Å². The van der Waals surface area contributed by atoms with Gasteiger partial charge in [0.2, 0.25) is 0 Å². The molecule has 4 nitrogen and oxygen atoms in total. The van der Waals surface area contributed by atoms with E-state index in [4.69, 9.17) is 10.2 Å². The number of allylic oxidation sites excluding steroid dienone is 1. The fourth-order valence-electron chi connectivity index (χ4n) is 1.96. The van der Waals surface area contributed by atoms with Crippen LogP contribution in [0.5, 0.6) is 0 Å². The third kappa shape index (κ3) is 1.58. The van der Waals surface area contributed by atoms with Gasteiger partial charge >= 0.3 is 11.9 Å². The van der Waals surface area contributed by atoms with Gasteiger partial charge in [-0.2, -0.15) is 0 Å². The summed E-state index contributed by atoms with van der Waals surface area (Å²) < 4.78 is 0. The summed E-state index contributed by atoms with van der Waals surface area (Å²) in [5.74, 6) is -2.58. The summed E-state index contributed by atoms with van der Waals surface area (Å²) in [6.45, 7) is 0. The summed E-state index contributed by atoms with van der Waals surface area (Å²) in [7, 11) is 0. The minimum atomic E-state index is -1.02. The van der Waals surface area contributed by atoms with Crippen LogP contribution in [-0.4, -0.2) is 22.2 Å². The van der Waals surface area contributed by atoms with Gasteiger partial charge < -0.3 is 10.2 Å². The van der Waals surface area contributed by atoms with Crippen LogP contribution in [0.1, 0.15) is 23.5 Å². The number of rotatable bonds is 2. The average Bonchev–Trinajstić information content (AvgIpc) is 2.27. The Morgan fingerprint density at radius 3 is 2.50 bits per heavy atom. The van der Waals surface area contributed by atoms with Crippen molar-refractivity contribution in [3.63, 3.8) is 0 Å². The van der Waals surface area contributed by atoms with Crippen LogP contribution in [0.25, 0.3) is 5.57 Å². The summed E-state index contributed by atoms with van der Waals surface area (Å²) in [5, 5.41) is 18.0. The van der Waals surface area contributed by atoms with Crippen LogP contribution in [0.3, 0.4) is 0 Å². The van der Waals surface area contributed by atoms with Crippen LogP contribution in [0, 0.1) is 0 Å². The van der Waals surface area contributed by atoms with E-state index in [1.54, 1.807) is 24.3 Å². The highest BCUT2D eigenvalue weighted by molar-refractivity contribution is 6.16. The second-order valence-corrected chi connectivity index (χ2v) is 3.64. The van der Waals surface area contributed by atoms with Gasteiger partial charge in [-0.1, -0.05) is 30.3 Å². The second-order valence-electron chi connectivity index (χ2n) is 3.64. The van der Waals surface area contributed by atoms with Crippen molar-refractivity contribution in [2.75, 3.05) is 0 Å². The average molecular weight is 218 g/mol. The molecular weight excluding hydrogens is 208 g/mol. The van der Waals surface area contributed by atoms with Gasteiger partial charge in [-0.05, 0) is 17.5 Å². The lowest BCUT2D eigenvalue weighted by Crippen LogP contribution is -2.18. The molecule has 0 amide bonds. The maximum absolute atomic E-state index is 11.0. The van der Waals surface area contributed by atoms with Crippen molar-refractivity contribution in [3.8, 4) is 0 Å². The minimum Gasteiger partial charge on any atom is -0.481 e. The van der Waals surface area contributed by atoms with E-state index in [0.717, 1.165) is 0 Å². The van der Waals surface area contributed by atoms with Gasteiger partial charge in [0.25, 0.3) is 0 Å². The number of hydrogen-bond donors (Lipinski definition) is 2. The lowest BCUT2D eigenvalue weighted by molar-refractivity contribution is -0.139. The highest BCUT2D eigenvalue weighted by atomic mass is 16.4. The molecule has 0 heterocycles. The van der Waals surface area contributed by atoms with E-state index in [9.17, 15) is 9.59 Å². The third-order valence-electron chi connectivity index (χ3n) is 2.71. The Labute approximate surface area is 91.8 Å². The number of carboxylic acid groups (broad SMARTS) is 2. The summed E-state index contributed by atoms with van der Waals surface area (Å²) in [6.07, 6.45) is 1.71. The molecule has 0 spiro atoms. The Balaban J connectivity index is 2.56. The summed E-state index contributed by atoms with van der Waals surface area (Å²) in [4.78, 5) is 22.0. The van der Waals surface area contributed by atoms with Crippen LogP contribution in [-0.2, 0) is 9.59 Å². The molecule has 1 aliphatic rings. The molecule has 2 rings (SSSR count). The van der Waals surface area contributed by atoms with E-state index in [-0.39, 0.29) is 12.0 Å². The van der Waals surface area contributed by atoms with Crippen molar-refractivity contribution >= 4 is 17.5 Å². The molecule has 0 saturated carbocycles. The van der Waals surface area contributed by atoms with Crippen molar-refractivity contribution in [1.82, 2.24) is 0 Å². The number of benzene rings is 1. The van der Waals surface area contributed by atoms with E-state index in [1.807, 2.05) is 0 Å². The van der Waals surface area contributed by atoms with E-state index in [1.165, 1.54) is 6.08 Å². The van der Waals surface area contributed by atoms with Crippen LogP contribution >= 0.6 is 0 Å². The molecule has 0 fully saturated rings. The maximum atomic E-state index is 11.0. The van der Waals surface area contributed by atoms with Crippen LogP contribution in [0.4, 0.5) is 0 Å². The topological polar surface area (TPSA) is 74.6 Å². The lowest BCUT2D eigenvalue weighted by atomic mass is 9.83. The number of carboxylic acids is 2. The molecule has 0 saturated heterocycles. The van der Waals surface area contributed by atoms with E-state index in [0.29, 0.717) is 11.1 Å². The van der Waals surface area contributed by atoms with Crippen molar-refractivity contribution in [1.29, 1.82) is 0 Å². The standard InChI is InChI=1S/C12H10O4/c13-11(14)9-5-6-10(12(15)16)8-4-2-1-3-7(8)9/h1-5,10H,6H2,(H,13,14)(H,15,16). The molecule has 0 aromatic heterocycles. The van der Waals surface area contributed by atoms with Gasteiger partial charge in [0.05, 0.1) is 11.5 Å². The highest BCUT2D eigenvalue weighted by Gasteiger charge is 2.28. The fraction of sp³-hybridized carbons (Fsp3) is 0.167. The monoisotopic (exact) mass is 218 g/mol. The van der Waals surface area contributed by atoms with E-state index >= 15 is 0 Å². The Morgan fingerprint density at radius 2 is 1.88 bits per heavy atom. The first kappa shape index (κ1) is 10.4. The first-order valence-corrected chi connectivity index (χ1v) is 4.87. The predicted octanol–water partition coefficient (Wildman–Crippen LogP) is 1.73. The summed E-state index contributed by atoms with van der Waals surface area (Å²) in [6, 6.07) is 6.74. The normalized spacial score (nSPS) is 18.5. The van der Waals surface area contributed by atoms with Crippen LogP contribution in [0.2, 0.25) is 0 Å². The fourth-order valence-corrected chi connectivity index (χ4v) is 1.96. The lowest BCUT2D eigenvalue weighted by Gasteiger charge is -2.20. The van der Waals surface area contributed by atoms with Crippen molar-refractivity contribution in [3.05, 3.63) is 41.5 Å². The molecular formula is C12H10O4. The third-order valence-corrected chi connectivity index (χ3v) is 2.71. The van der Waals surface area contributed by atoms with Gasteiger partial charge in [-0.3, -0.25) is 4.79 Å². The molecule has 1 aromatic rings. The molecule has 82 valence electrons. The molecule has 1 unspecified atom stereocenters.